The number of nitrogens with zero attached hydrogens (tertiary/aromatic N) is 3. The number of rotatable bonds is 10. The predicted octanol–water partition coefficient (Wildman–Crippen LogP) is 4.51. The van der Waals surface area contributed by atoms with Crippen LogP contribution in [-0.2, 0) is 11.3 Å². The molecule has 0 saturated carbocycles. The first-order valence-corrected chi connectivity index (χ1v) is 12.7. The van der Waals surface area contributed by atoms with Gasteiger partial charge in [-0.25, -0.2) is 8.78 Å². The molecule has 0 atom stereocenters. The summed E-state index contributed by atoms with van der Waals surface area (Å²) < 4.78 is 67.2. The van der Waals surface area contributed by atoms with E-state index in [-0.39, 0.29) is 31.0 Å². The van der Waals surface area contributed by atoms with Crippen molar-refractivity contribution in [3.05, 3.63) is 58.1 Å². The van der Waals surface area contributed by atoms with Gasteiger partial charge in [-0.15, -0.1) is 0 Å². The molecule has 1 fully saturated rings. The molecule has 7 nitrogen and oxygen atoms in total. The summed E-state index contributed by atoms with van der Waals surface area (Å²) in [5, 5.41) is 5.49. The van der Waals surface area contributed by atoms with Crippen LogP contribution in [0.2, 0.25) is 5.02 Å². The van der Waals surface area contributed by atoms with Crippen LogP contribution in [0.25, 0.3) is 0 Å². The molecular weight excluding hydrogens is 545 g/mol. The molecule has 39 heavy (non-hydrogen) atoms. The van der Waals surface area contributed by atoms with Gasteiger partial charge in [0.15, 0.2) is 11.6 Å². The lowest BCUT2D eigenvalue weighted by Crippen LogP contribution is -2.47. The highest BCUT2D eigenvalue weighted by molar-refractivity contribution is 6.31. The number of hydrogen-bond acceptors (Lipinski definition) is 5. The molecular formula is C26H31ClF5N5O2. The van der Waals surface area contributed by atoms with Crippen LogP contribution >= 0.6 is 11.6 Å². The lowest BCUT2D eigenvalue weighted by Gasteiger charge is -2.37. The molecule has 2 N–H and O–H groups in total. The fourth-order valence-electron chi connectivity index (χ4n) is 4.07. The molecule has 2 amide bonds. The van der Waals surface area contributed by atoms with Crippen LogP contribution in [0.3, 0.4) is 0 Å². The summed E-state index contributed by atoms with van der Waals surface area (Å²) in [6, 6.07) is 7.03. The Bertz CT molecular complexity index is 1170. The fraction of sp³-hybridized carbons (Fsp3) is 0.462. The van der Waals surface area contributed by atoms with Crippen molar-refractivity contribution in [2.75, 3.05) is 63.6 Å². The van der Waals surface area contributed by atoms with E-state index in [1.807, 2.05) is 23.9 Å². The zero-order chi connectivity index (χ0) is 28.7. The van der Waals surface area contributed by atoms with E-state index in [0.29, 0.717) is 49.1 Å². The Morgan fingerprint density at radius 1 is 1.03 bits per heavy atom. The van der Waals surface area contributed by atoms with Crippen molar-refractivity contribution in [3.63, 3.8) is 0 Å². The smallest absolute Gasteiger partial charge is 0.367 e. The van der Waals surface area contributed by atoms with Crippen LogP contribution in [0.4, 0.5) is 33.3 Å². The molecule has 1 aliphatic heterocycles. The van der Waals surface area contributed by atoms with Crippen LogP contribution in [0.15, 0.2) is 30.3 Å². The number of amides is 2. The maximum atomic E-state index is 14.8. The van der Waals surface area contributed by atoms with Crippen molar-refractivity contribution in [3.8, 4) is 0 Å². The average molecular weight is 576 g/mol. The second-order valence-corrected chi connectivity index (χ2v) is 9.98. The lowest BCUT2D eigenvalue weighted by molar-refractivity contribution is -0.138. The standard InChI is InChI=1S/C26H31ClF5N5O2/c1-35(2)9-7-22(38)33-16-17-3-5-19(24(29)23(17)28)25(39)34-20-6-4-18(27)15-21(20)37-13-11-36(12-14-37)10-8-26(30,31)32/h3-6,15H,7-14,16H2,1-2H3,(H,33,38)(H,34,39). The molecule has 1 aliphatic rings. The topological polar surface area (TPSA) is 67.9 Å². The van der Waals surface area contributed by atoms with E-state index in [4.69, 9.17) is 11.6 Å². The normalized spacial score (nSPS) is 14.5. The van der Waals surface area contributed by atoms with Gasteiger partial charge >= 0.3 is 6.18 Å². The van der Waals surface area contributed by atoms with E-state index < -0.39 is 35.7 Å². The average Bonchev–Trinajstić information content (AvgIpc) is 2.88. The summed E-state index contributed by atoms with van der Waals surface area (Å²) in [7, 11) is 3.61. The maximum Gasteiger partial charge on any atom is 0.390 e. The minimum absolute atomic E-state index is 0.0992. The molecule has 0 spiro atoms. The minimum atomic E-state index is -4.23. The molecule has 0 aliphatic carbocycles. The first kappa shape index (κ1) is 30.6. The van der Waals surface area contributed by atoms with Gasteiger partial charge in [0, 0.05) is 62.8 Å². The van der Waals surface area contributed by atoms with Crippen molar-refractivity contribution in [1.82, 2.24) is 15.1 Å². The Hall–Kier alpha value is -2.96. The third kappa shape index (κ3) is 9.04. The number of benzene rings is 2. The minimum Gasteiger partial charge on any atom is -0.367 e. The van der Waals surface area contributed by atoms with E-state index in [0.717, 1.165) is 6.07 Å². The number of carbonyl (C=O) groups excluding carboxylic acids is 2. The first-order valence-electron chi connectivity index (χ1n) is 12.4. The van der Waals surface area contributed by atoms with Gasteiger partial charge in [0.05, 0.1) is 23.4 Å². The fourth-order valence-corrected chi connectivity index (χ4v) is 4.23. The molecule has 214 valence electrons. The van der Waals surface area contributed by atoms with Gasteiger partial charge in [0.2, 0.25) is 5.91 Å². The van der Waals surface area contributed by atoms with Crippen molar-refractivity contribution >= 4 is 34.8 Å². The van der Waals surface area contributed by atoms with E-state index in [1.54, 1.807) is 11.0 Å². The Kier molecular flexibility index (Phi) is 10.5. The highest BCUT2D eigenvalue weighted by atomic mass is 35.5. The van der Waals surface area contributed by atoms with Gasteiger partial charge in [-0.2, -0.15) is 13.2 Å². The summed E-state index contributed by atoms with van der Waals surface area (Å²) in [5.41, 5.74) is 0.195. The van der Waals surface area contributed by atoms with Crippen LogP contribution in [-0.4, -0.2) is 81.2 Å². The quantitative estimate of drug-likeness (QED) is 0.408. The molecule has 1 saturated heterocycles. The molecule has 2 aromatic rings. The van der Waals surface area contributed by atoms with Gasteiger partial charge in [0.25, 0.3) is 5.91 Å². The maximum absolute atomic E-state index is 14.8. The Labute approximate surface area is 228 Å². The third-order valence-electron chi connectivity index (χ3n) is 6.30. The van der Waals surface area contributed by atoms with Crippen LogP contribution in [0.1, 0.15) is 28.8 Å². The van der Waals surface area contributed by atoms with E-state index >= 15 is 0 Å². The zero-order valence-corrected chi connectivity index (χ0v) is 22.4. The molecule has 13 heteroatoms. The molecule has 0 radical (unpaired) electrons. The first-order chi connectivity index (χ1) is 18.3. The number of carbonyl (C=O) groups is 2. The number of alkyl halides is 3. The number of anilines is 2. The molecule has 0 bridgehead atoms. The third-order valence-corrected chi connectivity index (χ3v) is 6.54. The number of piperazine rings is 1. The molecule has 0 aromatic heterocycles. The van der Waals surface area contributed by atoms with Crippen LogP contribution < -0.4 is 15.5 Å². The van der Waals surface area contributed by atoms with Crippen LogP contribution in [0, 0.1) is 11.6 Å². The largest absolute Gasteiger partial charge is 0.390 e. The van der Waals surface area contributed by atoms with Gasteiger partial charge < -0.3 is 20.4 Å². The zero-order valence-electron chi connectivity index (χ0n) is 21.7. The monoisotopic (exact) mass is 575 g/mol. The van der Waals surface area contributed by atoms with Gasteiger partial charge in [-0.05, 0) is 38.4 Å². The Morgan fingerprint density at radius 2 is 1.72 bits per heavy atom. The van der Waals surface area contributed by atoms with Gasteiger partial charge in [-0.3, -0.25) is 14.5 Å². The van der Waals surface area contributed by atoms with E-state index in [2.05, 4.69) is 10.6 Å². The van der Waals surface area contributed by atoms with E-state index in [1.165, 1.54) is 18.2 Å². The predicted molar refractivity (Wildman–Crippen MR) is 140 cm³/mol. The summed E-state index contributed by atoms with van der Waals surface area (Å²) in [5.74, 6) is -3.79. The summed E-state index contributed by atoms with van der Waals surface area (Å²) in [6.07, 6.45) is -4.92. The van der Waals surface area contributed by atoms with Crippen molar-refractivity contribution < 1.29 is 31.5 Å². The van der Waals surface area contributed by atoms with Crippen molar-refractivity contribution in [2.24, 2.45) is 0 Å². The highest BCUT2D eigenvalue weighted by Crippen LogP contribution is 2.31. The number of hydrogen-bond donors (Lipinski definition) is 2. The molecule has 2 aromatic carbocycles. The van der Waals surface area contributed by atoms with Crippen LogP contribution in [0.5, 0.6) is 0 Å². The second kappa shape index (κ2) is 13.4. The number of halogens is 6. The second-order valence-electron chi connectivity index (χ2n) is 9.54. The van der Waals surface area contributed by atoms with Gasteiger partial charge in [0.1, 0.15) is 0 Å². The Balaban J connectivity index is 1.67. The lowest BCUT2D eigenvalue weighted by atomic mass is 10.1. The SMILES string of the molecule is CN(C)CCC(=O)NCc1ccc(C(=O)Nc2ccc(Cl)cc2N2CCN(CCC(F)(F)F)CC2)c(F)c1F. The Morgan fingerprint density at radius 3 is 2.36 bits per heavy atom. The highest BCUT2D eigenvalue weighted by Gasteiger charge is 2.29. The summed E-state index contributed by atoms with van der Waals surface area (Å²) >= 11 is 6.15. The number of nitrogens with one attached hydrogen (secondary N) is 2. The molecule has 3 rings (SSSR count). The van der Waals surface area contributed by atoms with Crippen molar-refractivity contribution in [2.45, 2.75) is 25.6 Å². The summed E-state index contributed by atoms with van der Waals surface area (Å²) in [6.45, 7) is 1.70. The molecule has 0 unspecified atom stereocenters. The van der Waals surface area contributed by atoms with Crippen molar-refractivity contribution in [1.29, 1.82) is 0 Å². The summed E-state index contributed by atoms with van der Waals surface area (Å²) in [4.78, 5) is 30.2. The molecule has 1 heterocycles. The van der Waals surface area contributed by atoms with Gasteiger partial charge in [-0.1, -0.05) is 17.7 Å². The van der Waals surface area contributed by atoms with E-state index in [9.17, 15) is 31.5 Å².